The first-order chi connectivity index (χ1) is 14.1. The maximum atomic E-state index is 12.8. The molecule has 1 aromatic carbocycles. The first kappa shape index (κ1) is 19.6. The number of nitrogens with zero attached hydrogens (tertiary/aromatic N) is 5. The number of anilines is 3. The van der Waals surface area contributed by atoms with E-state index in [0.717, 1.165) is 50.8 Å². The highest BCUT2D eigenvalue weighted by Gasteiger charge is 2.18. The van der Waals surface area contributed by atoms with Crippen molar-refractivity contribution in [1.29, 1.82) is 0 Å². The first-order valence-corrected chi connectivity index (χ1v) is 10.1. The van der Waals surface area contributed by atoms with Crippen molar-refractivity contribution in [2.45, 2.75) is 6.92 Å². The molecule has 2 aliphatic heterocycles. The maximum Gasteiger partial charge on any atom is 0.274 e. The van der Waals surface area contributed by atoms with E-state index in [1.54, 1.807) is 6.07 Å². The lowest BCUT2D eigenvalue weighted by atomic mass is 10.2. The topological polar surface area (TPSA) is 73.8 Å². The first-order valence-electron chi connectivity index (χ1n) is 10.1. The Balaban J connectivity index is 1.43. The molecule has 4 rings (SSSR count). The maximum absolute atomic E-state index is 12.8. The van der Waals surface area contributed by atoms with Gasteiger partial charge in [-0.15, -0.1) is 0 Å². The van der Waals surface area contributed by atoms with Gasteiger partial charge in [-0.25, -0.2) is 9.97 Å². The summed E-state index contributed by atoms with van der Waals surface area (Å²) in [5.41, 5.74) is 2.32. The number of morpholine rings is 1. The monoisotopic (exact) mass is 396 g/mol. The van der Waals surface area contributed by atoms with Crippen molar-refractivity contribution >= 4 is 23.1 Å². The molecule has 8 heteroatoms. The minimum absolute atomic E-state index is 0.225. The Kier molecular flexibility index (Phi) is 5.92. The van der Waals surface area contributed by atoms with Crippen LogP contribution in [0.3, 0.4) is 0 Å². The van der Waals surface area contributed by atoms with Crippen molar-refractivity contribution in [3.05, 3.63) is 41.9 Å². The molecule has 3 heterocycles. The van der Waals surface area contributed by atoms with Gasteiger partial charge in [0.05, 0.1) is 13.2 Å². The van der Waals surface area contributed by atoms with Gasteiger partial charge in [-0.05, 0) is 38.2 Å². The van der Waals surface area contributed by atoms with Crippen LogP contribution in [0.25, 0.3) is 0 Å². The summed E-state index contributed by atoms with van der Waals surface area (Å²) in [5, 5.41) is 2.95. The third-order valence-corrected chi connectivity index (χ3v) is 5.39. The van der Waals surface area contributed by atoms with Gasteiger partial charge in [0.2, 0.25) is 0 Å². The molecule has 29 heavy (non-hydrogen) atoms. The Morgan fingerprint density at radius 1 is 0.966 bits per heavy atom. The Morgan fingerprint density at radius 2 is 1.66 bits per heavy atom. The van der Waals surface area contributed by atoms with Gasteiger partial charge in [0.1, 0.15) is 17.3 Å². The van der Waals surface area contributed by atoms with Crippen molar-refractivity contribution in [3.8, 4) is 0 Å². The molecule has 2 saturated heterocycles. The summed E-state index contributed by atoms with van der Waals surface area (Å²) < 4.78 is 5.40. The molecule has 0 radical (unpaired) electrons. The molecule has 2 aliphatic rings. The molecule has 154 valence electrons. The molecule has 2 aromatic rings. The van der Waals surface area contributed by atoms with Crippen LogP contribution in [0.15, 0.2) is 30.3 Å². The van der Waals surface area contributed by atoms with Crippen LogP contribution >= 0.6 is 0 Å². The Bertz CT molecular complexity index is 843. The third-order valence-electron chi connectivity index (χ3n) is 5.39. The smallest absolute Gasteiger partial charge is 0.274 e. The van der Waals surface area contributed by atoms with Crippen LogP contribution in [0.1, 0.15) is 16.3 Å². The van der Waals surface area contributed by atoms with Gasteiger partial charge >= 0.3 is 0 Å². The minimum atomic E-state index is -0.225. The molecule has 0 spiro atoms. The summed E-state index contributed by atoms with van der Waals surface area (Å²) in [6.45, 7) is 8.87. The average Bonchev–Trinajstić information content (AvgIpc) is 2.75. The molecule has 0 aliphatic carbocycles. The lowest BCUT2D eigenvalue weighted by Crippen LogP contribution is -2.44. The summed E-state index contributed by atoms with van der Waals surface area (Å²) in [4.78, 5) is 28.4. The van der Waals surface area contributed by atoms with Gasteiger partial charge < -0.3 is 24.8 Å². The van der Waals surface area contributed by atoms with Crippen molar-refractivity contribution < 1.29 is 9.53 Å². The van der Waals surface area contributed by atoms with E-state index in [0.29, 0.717) is 24.7 Å². The lowest BCUT2D eigenvalue weighted by molar-refractivity contribution is 0.102. The van der Waals surface area contributed by atoms with Crippen molar-refractivity contribution in [1.82, 2.24) is 14.9 Å². The highest BCUT2D eigenvalue weighted by molar-refractivity contribution is 6.03. The lowest BCUT2D eigenvalue weighted by Gasteiger charge is -2.34. The van der Waals surface area contributed by atoms with Gasteiger partial charge in [0.15, 0.2) is 0 Å². The standard InChI is InChI=1S/C21H28N6O2/c1-16-22-19(15-20(23-16)27-11-13-29-14-12-27)21(28)24-17-3-5-18(6-4-17)26-9-7-25(2)8-10-26/h3-6,15H,7-14H2,1-2H3,(H,24,28). The summed E-state index contributed by atoms with van der Waals surface area (Å²) in [6, 6.07) is 9.77. The molecule has 0 saturated carbocycles. The number of amides is 1. The van der Waals surface area contributed by atoms with Gasteiger partial charge in [-0.3, -0.25) is 4.79 Å². The number of benzene rings is 1. The van der Waals surface area contributed by atoms with Crippen LogP contribution in [0.4, 0.5) is 17.2 Å². The number of likely N-dealkylation sites (N-methyl/N-ethyl adjacent to an activating group) is 1. The Hall–Kier alpha value is -2.71. The van der Waals surface area contributed by atoms with Crippen LogP contribution in [-0.2, 0) is 4.74 Å². The zero-order valence-corrected chi connectivity index (χ0v) is 17.1. The van der Waals surface area contributed by atoms with E-state index in [4.69, 9.17) is 4.74 Å². The van der Waals surface area contributed by atoms with E-state index in [1.165, 1.54) is 5.69 Å². The average molecular weight is 396 g/mol. The number of nitrogens with one attached hydrogen (secondary N) is 1. The molecular formula is C21H28N6O2. The van der Waals surface area contributed by atoms with E-state index in [9.17, 15) is 4.79 Å². The summed E-state index contributed by atoms with van der Waals surface area (Å²) in [5.74, 6) is 1.14. The number of rotatable bonds is 4. The van der Waals surface area contributed by atoms with Crippen molar-refractivity contribution in [2.75, 3.05) is 74.6 Å². The second kappa shape index (κ2) is 8.75. The van der Waals surface area contributed by atoms with Crippen LogP contribution in [-0.4, -0.2) is 80.3 Å². The number of carbonyl (C=O) groups excluding carboxylic acids is 1. The quantitative estimate of drug-likeness (QED) is 0.842. The van der Waals surface area contributed by atoms with Gasteiger partial charge in [-0.2, -0.15) is 0 Å². The predicted molar refractivity (Wildman–Crippen MR) is 114 cm³/mol. The summed E-state index contributed by atoms with van der Waals surface area (Å²) in [6.07, 6.45) is 0. The molecular weight excluding hydrogens is 368 g/mol. The fraction of sp³-hybridized carbons (Fsp3) is 0.476. The highest BCUT2D eigenvalue weighted by atomic mass is 16.5. The normalized spacial score (nSPS) is 18.0. The molecule has 1 N–H and O–H groups in total. The molecule has 0 bridgehead atoms. The third kappa shape index (κ3) is 4.83. The number of hydrogen-bond acceptors (Lipinski definition) is 7. The molecule has 0 unspecified atom stereocenters. The molecule has 2 fully saturated rings. The highest BCUT2D eigenvalue weighted by Crippen LogP contribution is 2.20. The van der Waals surface area contributed by atoms with Gasteiger partial charge in [-0.1, -0.05) is 0 Å². The number of piperazine rings is 1. The Morgan fingerprint density at radius 3 is 2.34 bits per heavy atom. The van der Waals surface area contributed by atoms with Crippen molar-refractivity contribution in [2.24, 2.45) is 0 Å². The van der Waals surface area contributed by atoms with E-state index < -0.39 is 0 Å². The largest absolute Gasteiger partial charge is 0.378 e. The fourth-order valence-electron chi connectivity index (χ4n) is 3.64. The van der Waals surface area contributed by atoms with Crippen molar-refractivity contribution in [3.63, 3.8) is 0 Å². The van der Waals surface area contributed by atoms with E-state index in [1.807, 2.05) is 19.1 Å². The molecule has 0 atom stereocenters. The van der Waals surface area contributed by atoms with Crippen LogP contribution < -0.4 is 15.1 Å². The number of hydrogen-bond donors (Lipinski definition) is 1. The van der Waals surface area contributed by atoms with Crippen LogP contribution in [0.5, 0.6) is 0 Å². The second-order valence-corrected chi connectivity index (χ2v) is 7.55. The predicted octanol–water partition coefficient (Wildman–Crippen LogP) is 1.63. The van der Waals surface area contributed by atoms with Crippen LogP contribution in [0, 0.1) is 6.92 Å². The zero-order chi connectivity index (χ0) is 20.2. The van der Waals surface area contributed by atoms with E-state index in [-0.39, 0.29) is 5.91 Å². The zero-order valence-electron chi connectivity index (χ0n) is 17.1. The van der Waals surface area contributed by atoms with Crippen LogP contribution in [0.2, 0.25) is 0 Å². The number of ether oxygens (including phenoxy) is 1. The van der Waals surface area contributed by atoms with E-state index >= 15 is 0 Å². The summed E-state index contributed by atoms with van der Waals surface area (Å²) in [7, 11) is 2.15. The minimum Gasteiger partial charge on any atom is -0.378 e. The molecule has 1 amide bonds. The SMILES string of the molecule is Cc1nc(C(=O)Nc2ccc(N3CCN(C)CC3)cc2)cc(N2CCOCC2)n1. The molecule has 8 nitrogen and oxygen atoms in total. The number of aryl methyl sites for hydroxylation is 1. The second-order valence-electron chi connectivity index (χ2n) is 7.55. The molecule has 1 aromatic heterocycles. The fourth-order valence-corrected chi connectivity index (χ4v) is 3.64. The number of carbonyl (C=O) groups is 1. The van der Waals surface area contributed by atoms with Gasteiger partial charge in [0, 0.05) is 56.7 Å². The van der Waals surface area contributed by atoms with E-state index in [2.05, 4.69) is 49.2 Å². The Labute approximate surface area is 171 Å². The number of aromatic nitrogens is 2. The summed E-state index contributed by atoms with van der Waals surface area (Å²) >= 11 is 0. The van der Waals surface area contributed by atoms with Gasteiger partial charge in [0.25, 0.3) is 5.91 Å².